The zero-order chi connectivity index (χ0) is 17.7. The third-order valence-electron chi connectivity index (χ3n) is 4.09. The number of benzene rings is 1. The highest BCUT2D eigenvalue weighted by Crippen LogP contribution is 2.21. The Morgan fingerprint density at radius 3 is 2.71 bits per heavy atom. The summed E-state index contributed by atoms with van der Waals surface area (Å²) >= 11 is 0. The summed E-state index contributed by atoms with van der Waals surface area (Å²) in [5.41, 5.74) is 0.120. The van der Waals surface area contributed by atoms with Crippen LogP contribution in [-0.4, -0.2) is 36.0 Å². The molecular weight excluding hydrogens is 316 g/mol. The molecule has 5 nitrogen and oxygen atoms in total. The highest BCUT2D eigenvalue weighted by molar-refractivity contribution is 5.78. The molecule has 24 heavy (non-hydrogen) atoms. The van der Waals surface area contributed by atoms with Crippen molar-refractivity contribution in [1.29, 1.82) is 0 Å². The van der Waals surface area contributed by atoms with Crippen LogP contribution in [0.5, 0.6) is 0 Å². The Morgan fingerprint density at radius 2 is 2.08 bits per heavy atom. The number of halogens is 2. The van der Waals surface area contributed by atoms with E-state index < -0.39 is 23.7 Å². The molecular formula is C17H23F2N3O2. The van der Waals surface area contributed by atoms with Crippen LogP contribution in [0.4, 0.5) is 13.6 Å². The molecule has 0 bridgehead atoms. The second kappa shape index (κ2) is 8.08. The number of amides is 3. The first-order chi connectivity index (χ1) is 11.4. The maximum Gasteiger partial charge on any atom is 0.315 e. The Morgan fingerprint density at radius 1 is 1.33 bits per heavy atom. The van der Waals surface area contributed by atoms with E-state index in [1.807, 2.05) is 0 Å². The number of nitrogens with one attached hydrogen (secondary N) is 2. The van der Waals surface area contributed by atoms with Crippen LogP contribution in [0.1, 0.15) is 44.7 Å². The van der Waals surface area contributed by atoms with Gasteiger partial charge in [-0.05, 0) is 38.0 Å². The van der Waals surface area contributed by atoms with Gasteiger partial charge in [-0.3, -0.25) is 4.79 Å². The Labute approximate surface area is 140 Å². The lowest BCUT2D eigenvalue weighted by atomic mass is 10.0. The maximum atomic E-state index is 13.9. The number of carbonyl (C=O) groups excluding carboxylic acids is 2. The van der Waals surface area contributed by atoms with Gasteiger partial charge in [0, 0.05) is 31.1 Å². The second-order valence-electron chi connectivity index (χ2n) is 6.09. The summed E-state index contributed by atoms with van der Waals surface area (Å²) in [6.45, 7) is 4.73. The fourth-order valence-electron chi connectivity index (χ4n) is 2.88. The lowest BCUT2D eigenvalue weighted by molar-refractivity contribution is -0.127. The predicted octanol–water partition coefficient (Wildman–Crippen LogP) is 2.73. The van der Waals surface area contributed by atoms with E-state index in [1.165, 1.54) is 0 Å². The summed E-state index contributed by atoms with van der Waals surface area (Å²) in [5.74, 6) is -1.01. The minimum absolute atomic E-state index is 0.0947. The molecule has 1 aliphatic heterocycles. The molecule has 0 aliphatic carbocycles. The zero-order valence-corrected chi connectivity index (χ0v) is 13.9. The van der Waals surface area contributed by atoms with Crippen molar-refractivity contribution in [1.82, 2.24) is 15.5 Å². The lowest BCUT2D eigenvalue weighted by Gasteiger charge is -2.24. The Hall–Kier alpha value is -2.18. The van der Waals surface area contributed by atoms with E-state index in [9.17, 15) is 18.4 Å². The monoisotopic (exact) mass is 339 g/mol. The highest BCUT2D eigenvalue weighted by atomic mass is 19.1. The Bertz CT molecular complexity index is 609. The van der Waals surface area contributed by atoms with Gasteiger partial charge in [0.15, 0.2) is 0 Å². The highest BCUT2D eigenvalue weighted by Gasteiger charge is 2.23. The topological polar surface area (TPSA) is 61.4 Å². The summed E-state index contributed by atoms with van der Waals surface area (Å²) in [6, 6.07) is 1.86. The summed E-state index contributed by atoms with van der Waals surface area (Å²) in [4.78, 5) is 25.4. The molecule has 1 aromatic carbocycles. The molecule has 1 aliphatic rings. The van der Waals surface area contributed by atoms with Gasteiger partial charge in [0.25, 0.3) is 0 Å². The average Bonchev–Trinajstić information content (AvgIpc) is 2.92. The number of nitrogens with zero attached hydrogens (tertiary/aromatic N) is 1. The van der Waals surface area contributed by atoms with Gasteiger partial charge < -0.3 is 15.5 Å². The van der Waals surface area contributed by atoms with E-state index in [1.54, 1.807) is 18.7 Å². The van der Waals surface area contributed by atoms with E-state index in [0.717, 1.165) is 24.6 Å². The van der Waals surface area contributed by atoms with Gasteiger partial charge in [-0.1, -0.05) is 6.92 Å². The van der Waals surface area contributed by atoms with Gasteiger partial charge in [0.1, 0.15) is 11.6 Å². The van der Waals surface area contributed by atoms with Crippen molar-refractivity contribution in [2.75, 3.05) is 13.1 Å². The summed E-state index contributed by atoms with van der Waals surface area (Å²) in [6.07, 6.45) is 1.82. The largest absolute Gasteiger partial charge is 0.341 e. The lowest BCUT2D eigenvalue weighted by Crippen LogP contribution is -2.47. The second-order valence-corrected chi connectivity index (χ2v) is 6.09. The van der Waals surface area contributed by atoms with Crippen LogP contribution in [0.3, 0.4) is 0 Å². The van der Waals surface area contributed by atoms with E-state index in [0.29, 0.717) is 25.9 Å². The SMILES string of the molecule is CC[C@H](NC(=O)N[C@@H](C)CN1CCCC1=O)c1cc(F)ccc1F. The fraction of sp³-hybridized carbons (Fsp3) is 0.529. The zero-order valence-electron chi connectivity index (χ0n) is 13.9. The molecule has 1 fully saturated rings. The average molecular weight is 339 g/mol. The van der Waals surface area contributed by atoms with Gasteiger partial charge >= 0.3 is 6.03 Å². The van der Waals surface area contributed by atoms with Crippen molar-refractivity contribution in [2.24, 2.45) is 0 Å². The molecule has 0 unspecified atom stereocenters. The number of rotatable bonds is 6. The van der Waals surface area contributed by atoms with Crippen LogP contribution in [0.25, 0.3) is 0 Å². The van der Waals surface area contributed by atoms with Crippen LogP contribution in [0.15, 0.2) is 18.2 Å². The van der Waals surface area contributed by atoms with E-state index in [2.05, 4.69) is 10.6 Å². The molecule has 3 amide bonds. The van der Waals surface area contributed by atoms with Crippen molar-refractivity contribution in [2.45, 2.75) is 45.2 Å². The molecule has 1 heterocycles. The summed E-state index contributed by atoms with van der Waals surface area (Å²) in [5, 5.41) is 5.39. The van der Waals surface area contributed by atoms with E-state index in [-0.39, 0.29) is 17.5 Å². The molecule has 0 spiro atoms. The first-order valence-electron chi connectivity index (χ1n) is 8.20. The molecule has 0 saturated carbocycles. The molecule has 132 valence electrons. The molecule has 2 atom stereocenters. The van der Waals surface area contributed by atoms with Crippen LogP contribution in [-0.2, 0) is 4.79 Å². The summed E-state index contributed by atoms with van der Waals surface area (Å²) < 4.78 is 27.2. The van der Waals surface area contributed by atoms with Crippen molar-refractivity contribution >= 4 is 11.9 Å². The number of carbonyl (C=O) groups is 2. The molecule has 7 heteroatoms. The van der Waals surface area contributed by atoms with Crippen LogP contribution >= 0.6 is 0 Å². The van der Waals surface area contributed by atoms with Crippen LogP contribution in [0, 0.1) is 11.6 Å². The Balaban J connectivity index is 1.91. The number of likely N-dealkylation sites (tertiary alicyclic amines) is 1. The normalized spacial score (nSPS) is 16.8. The van der Waals surface area contributed by atoms with Crippen LogP contribution < -0.4 is 10.6 Å². The number of hydrogen-bond donors (Lipinski definition) is 2. The van der Waals surface area contributed by atoms with Gasteiger partial charge in [-0.15, -0.1) is 0 Å². The van der Waals surface area contributed by atoms with Gasteiger partial charge in [0.05, 0.1) is 6.04 Å². The standard InChI is InChI=1S/C17H23F2N3O2/c1-3-15(13-9-12(18)6-7-14(13)19)21-17(24)20-11(2)10-22-8-4-5-16(22)23/h6-7,9,11,15H,3-5,8,10H2,1-2H3,(H2,20,21,24)/t11-,15-/m0/s1. The fourth-order valence-corrected chi connectivity index (χ4v) is 2.88. The number of hydrogen-bond acceptors (Lipinski definition) is 2. The van der Waals surface area contributed by atoms with Gasteiger partial charge in [-0.2, -0.15) is 0 Å². The first kappa shape index (κ1) is 18.2. The van der Waals surface area contributed by atoms with Crippen molar-refractivity contribution in [3.8, 4) is 0 Å². The molecule has 0 radical (unpaired) electrons. The van der Waals surface area contributed by atoms with Gasteiger partial charge in [0.2, 0.25) is 5.91 Å². The van der Waals surface area contributed by atoms with Crippen molar-refractivity contribution < 1.29 is 18.4 Å². The third kappa shape index (κ3) is 4.66. The van der Waals surface area contributed by atoms with E-state index >= 15 is 0 Å². The van der Waals surface area contributed by atoms with Crippen LogP contribution in [0.2, 0.25) is 0 Å². The molecule has 2 N–H and O–H groups in total. The quantitative estimate of drug-likeness (QED) is 0.837. The maximum absolute atomic E-state index is 13.9. The minimum Gasteiger partial charge on any atom is -0.341 e. The number of urea groups is 1. The third-order valence-corrected chi connectivity index (χ3v) is 4.09. The smallest absolute Gasteiger partial charge is 0.315 e. The molecule has 1 aromatic rings. The molecule has 1 saturated heterocycles. The van der Waals surface area contributed by atoms with Crippen molar-refractivity contribution in [3.05, 3.63) is 35.4 Å². The predicted molar refractivity (Wildman–Crippen MR) is 86.3 cm³/mol. The van der Waals surface area contributed by atoms with Crippen molar-refractivity contribution in [3.63, 3.8) is 0 Å². The first-order valence-corrected chi connectivity index (χ1v) is 8.20. The van der Waals surface area contributed by atoms with E-state index in [4.69, 9.17) is 0 Å². The van der Waals surface area contributed by atoms with Gasteiger partial charge in [-0.25, -0.2) is 13.6 Å². The summed E-state index contributed by atoms with van der Waals surface area (Å²) in [7, 11) is 0. The Kier molecular flexibility index (Phi) is 6.11. The molecule has 2 rings (SSSR count). The minimum atomic E-state index is -0.624. The molecule has 0 aromatic heterocycles.